The van der Waals surface area contributed by atoms with Gasteiger partial charge in [-0.1, -0.05) is 12.1 Å². The van der Waals surface area contributed by atoms with Crippen LogP contribution in [-0.2, 0) is 11.2 Å². The number of nitrogens with one attached hydrogen (secondary N) is 1. The summed E-state index contributed by atoms with van der Waals surface area (Å²) in [5.74, 6) is 1.54. The molecule has 1 aromatic carbocycles. The summed E-state index contributed by atoms with van der Waals surface area (Å²) in [6.07, 6.45) is 1.07. The molecule has 1 saturated heterocycles. The zero-order valence-corrected chi connectivity index (χ0v) is 17.2. The van der Waals surface area contributed by atoms with Crippen LogP contribution in [0.25, 0.3) is 0 Å². The van der Waals surface area contributed by atoms with Gasteiger partial charge in [-0.05, 0) is 49.3 Å². The fourth-order valence-electron chi connectivity index (χ4n) is 4.59. The molecule has 0 unspecified atom stereocenters. The molecule has 2 aromatic rings. The summed E-state index contributed by atoms with van der Waals surface area (Å²) in [7, 11) is 1.63. The molecule has 4 rings (SSSR count). The highest BCUT2D eigenvalue weighted by Crippen LogP contribution is 2.35. The Morgan fingerprint density at radius 1 is 1.33 bits per heavy atom. The van der Waals surface area contributed by atoms with Gasteiger partial charge in [0.1, 0.15) is 18.1 Å². The predicted molar refractivity (Wildman–Crippen MR) is 108 cm³/mol. The van der Waals surface area contributed by atoms with Crippen molar-refractivity contribution in [1.29, 1.82) is 0 Å². The molecule has 0 saturated carbocycles. The number of piperidine rings is 1. The van der Waals surface area contributed by atoms with Crippen molar-refractivity contribution >= 4 is 11.9 Å². The van der Waals surface area contributed by atoms with Gasteiger partial charge in [0.25, 0.3) is 6.43 Å². The first-order valence-corrected chi connectivity index (χ1v) is 10.3. The number of hydrogen-bond acceptors (Lipinski definition) is 5. The van der Waals surface area contributed by atoms with Crippen LogP contribution >= 0.6 is 0 Å². The Labute approximate surface area is 174 Å². The molecule has 1 fully saturated rings. The summed E-state index contributed by atoms with van der Waals surface area (Å²) in [5, 5.41) is 7.21. The normalized spacial score (nSPS) is 22.0. The Kier molecular flexibility index (Phi) is 5.87. The first-order chi connectivity index (χ1) is 14.5. The van der Waals surface area contributed by atoms with Gasteiger partial charge >= 0.3 is 0 Å². The Bertz CT molecular complexity index is 895. The molecular weight excluding hydrogens is 392 g/mol. The van der Waals surface area contributed by atoms with Crippen LogP contribution < -0.4 is 10.1 Å². The lowest BCUT2D eigenvalue weighted by Crippen LogP contribution is -2.46. The maximum Gasteiger partial charge on any atom is 0.260 e. The van der Waals surface area contributed by atoms with E-state index in [1.54, 1.807) is 7.11 Å². The molecule has 1 N–H and O–H groups in total. The van der Waals surface area contributed by atoms with Crippen molar-refractivity contribution in [1.82, 2.24) is 19.7 Å². The van der Waals surface area contributed by atoms with Crippen molar-refractivity contribution in [3.63, 3.8) is 0 Å². The molecular formula is C21H27F2N5O2. The predicted octanol–water partition coefficient (Wildman–Crippen LogP) is 3.07. The van der Waals surface area contributed by atoms with E-state index in [1.807, 2.05) is 30.0 Å². The van der Waals surface area contributed by atoms with E-state index in [-0.39, 0.29) is 17.9 Å². The van der Waals surface area contributed by atoms with E-state index in [2.05, 4.69) is 15.4 Å². The second kappa shape index (κ2) is 8.57. The number of aryl methyl sites for hydroxylation is 1. The fourth-order valence-corrected chi connectivity index (χ4v) is 4.59. The smallest absolute Gasteiger partial charge is 0.260 e. The fraction of sp³-hybridized carbons (Fsp3) is 0.571. The van der Waals surface area contributed by atoms with Gasteiger partial charge in [0.05, 0.1) is 13.5 Å². The zero-order valence-electron chi connectivity index (χ0n) is 17.2. The van der Waals surface area contributed by atoms with Gasteiger partial charge in [0.15, 0.2) is 0 Å². The van der Waals surface area contributed by atoms with Gasteiger partial charge in [-0.25, -0.2) is 13.5 Å². The highest BCUT2D eigenvalue weighted by molar-refractivity contribution is 5.79. The topological polar surface area (TPSA) is 72.3 Å². The molecule has 0 radical (unpaired) electrons. The standard InChI is InChI=1S/C21H27F2N5O2/c1-13-9-14(3-4-18(13)30-2)10-19(29)27-7-5-15(6-8-27)16-11-17(20(22)23)28-21(26-16)24-12-25-28/h3-4,9,12,15-17,20H,5-8,10-11H2,1-2H3,(H,24,25,26)/t16-,17+/m0/s1. The summed E-state index contributed by atoms with van der Waals surface area (Å²) >= 11 is 0. The van der Waals surface area contributed by atoms with Crippen LogP contribution in [0.3, 0.4) is 0 Å². The molecule has 0 spiro atoms. The summed E-state index contributed by atoms with van der Waals surface area (Å²) in [6.45, 7) is 3.24. The average Bonchev–Trinajstić information content (AvgIpc) is 3.22. The van der Waals surface area contributed by atoms with E-state index < -0.39 is 12.5 Å². The van der Waals surface area contributed by atoms with Crippen LogP contribution in [0.15, 0.2) is 24.5 Å². The third-order valence-corrected chi connectivity index (χ3v) is 6.26. The Hall–Kier alpha value is -2.71. The highest BCUT2D eigenvalue weighted by atomic mass is 19.3. The number of amides is 1. The van der Waals surface area contributed by atoms with E-state index in [9.17, 15) is 13.6 Å². The minimum Gasteiger partial charge on any atom is -0.496 e. The molecule has 2 aliphatic heterocycles. The summed E-state index contributed by atoms with van der Waals surface area (Å²) < 4.78 is 33.5. The summed E-state index contributed by atoms with van der Waals surface area (Å²) in [5.41, 5.74) is 1.97. The average molecular weight is 419 g/mol. The summed E-state index contributed by atoms with van der Waals surface area (Å²) in [6, 6.07) is 4.75. The Balaban J connectivity index is 1.34. The highest BCUT2D eigenvalue weighted by Gasteiger charge is 2.38. The molecule has 0 bridgehead atoms. The van der Waals surface area contributed by atoms with Crippen LogP contribution in [0, 0.1) is 12.8 Å². The van der Waals surface area contributed by atoms with Crippen molar-refractivity contribution in [2.45, 2.75) is 51.1 Å². The lowest BCUT2D eigenvalue weighted by atomic mass is 9.85. The van der Waals surface area contributed by atoms with Crippen molar-refractivity contribution in [2.24, 2.45) is 5.92 Å². The van der Waals surface area contributed by atoms with E-state index in [0.29, 0.717) is 31.9 Å². The number of benzene rings is 1. The molecule has 162 valence electrons. The van der Waals surface area contributed by atoms with Gasteiger partial charge in [0.2, 0.25) is 11.9 Å². The lowest BCUT2D eigenvalue weighted by Gasteiger charge is -2.40. The lowest BCUT2D eigenvalue weighted by molar-refractivity contribution is -0.131. The number of likely N-dealkylation sites (tertiary alicyclic amines) is 1. The van der Waals surface area contributed by atoms with Crippen LogP contribution in [0.1, 0.15) is 36.4 Å². The van der Waals surface area contributed by atoms with Crippen LogP contribution in [0.5, 0.6) is 5.75 Å². The number of halogens is 2. The Morgan fingerprint density at radius 2 is 2.10 bits per heavy atom. The van der Waals surface area contributed by atoms with Gasteiger partial charge in [-0.3, -0.25) is 4.79 Å². The van der Waals surface area contributed by atoms with Gasteiger partial charge in [-0.15, -0.1) is 0 Å². The minimum absolute atomic E-state index is 0.0813. The maximum atomic E-state index is 13.5. The zero-order chi connectivity index (χ0) is 21.3. The second-order valence-electron chi connectivity index (χ2n) is 8.12. The van der Waals surface area contributed by atoms with Crippen molar-refractivity contribution < 1.29 is 18.3 Å². The number of carbonyl (C=O) groups is 1. The number of aromatic nitrogens is 3. The molecule has 1 aromatic heterocycles. The molecule has 7 nitrogen and oxygen atoms in total. The van der Waals surface area contributed by atoms with Crippen LogP contribution in [0.4, 0.5) is 14.7 Å². The number of hydrogen-bond donors (Lipinski definition) is 1. The third-order valence-electron chi connectivity index (χ3n) is 6.26. The first-order valence-electron chi connectivity index (χ1n) is 10.3. The molecule has 9 heteroatoms. The van der Waals surface area contributed by atoms with Crippen molar-refractivity contribution in [3.05, 3.63) is 35.7 Å². The number of ether oxygens (including phenoxy) is 1. The molecule has 0 aliphatic carbocycles. The minimum atomic E-state index is -2.48. The molecule has 3 heterocycles. The first kappa shape index (κ1) is 20.6. The van der Waals surface area contributed by atoms with E-state index >= 15 is 0 Å². The van der Waals surface area contributed by atoms with Crippen LogP contribution in [0.2, 0.25) is 0 Å². The van der Waals surface area contributed by atoms with Gasteiger partial charge in [0, 0.05) is 19.1 Å². The Morgan fingerprint density at radius 3 is 2.77 bits per heavy atom. The largest absolute Gasteiger partial charge is 0.496 e. The van der Waals surface area contributed by atoms with E-state index in [0.717, 1.165) is 29.7 Å². The van der Waals surface area contributed by atoms with Crippen molar-refractivity contribution in [3.8, 4) is 5.75 Å². The molecule has 2 aliphatic rings. The van der Waals surface area contributed by atoms with Gasteiger partial charge < -0.3 is 15.0 Å². The molecule has 1 amide bonds. The SMILES string of the molecule is COc1ccc(CC(=O)N2CCC([C@@H]3C[C@H](C(F)F)n4ncnc4N3)CC2)cc1C. The number of fused-ring (bicyclic) bond motifs is 1. The number of methoxy groups -OCH3 is 1. The van der Waals surface area contributed by atoms with Gasteiger partial charge in [-0.2, -0.15) is 10.1 Å². The summed E-state index contributed by atoms with van der Waals surface area (Å²) in [4.78, 5) is 18.7. The van der Waals surface area contributed by atoms with E-state index in [4.69, 9.17) is 4.74 Å². The van der Waals surface area contributed by atoms with E-state index in [1.165, 1.54) is 11.0 Å². The molecule has 2 atom stereocenters. The number of nitrogens with zero attached hydrogens (tertiary/aromatic N) is 4. The number of rotatable bonds is 5. The van der Waals surface area contributed by atoms with Crippen LogP contribution in [-0.4, -0.2) is 58.2 Å². The monoisotopic (exact) mass is 419 g/mol. The number of carbonyl (C=O) groups excluding carboxylic acids is 1. The quantitative estimate of drug-likeness (QED) is 0.807. The number of alkyl halides is 2. The maximum absolute atomic E-state index is 13.5. The third kappa shape index (κ3) is 4.11. The number of anilines is 1. The molecule has 30 heavy (non-hydrogen) atoms. The van der Waals surface area contributed by atoms with Crippen molar-refractivity contribution in [2.75, 3.05) is 25.5 Å². The second-order valence-corrected chi connectivity index (χ2v) is 8.12.